The average molecular weight is 611 g/mol. The molecule has 4 aromatic carbocycles. The molecule has 1 aliphatic rings. The monoisotopic (exact) mass is 610 g/mol. The lowest BCUT2D eigenvalue weighted by atomic mass is 9.95. The van der Waals surface area contributed by atoms with Gasteiger partial charge in [-0.2, -0.15) is 0 Å². The molecule has 0 spiro atoms. The maximum Gasteiger partial charge on any atom is 0.255 e. The molecular formula is C36H36F2N4O3. The van der Waals surface area contributed by atoms with Crippen molar-refractivity contribution in [3.05, 3.63) is 131 Å². The molecule has 232 valence electrons. The minimum absolute atomic E-state index is 0.0988. The number of nitrogens with zero attached hydrogens (tertiary/aromatic N) is 2. The van der Waals surface area contributed by atoms with Crippen LogP contribution < -0.4 is 15.5 Å². The molecule has 0 aromatic heterocycles. The van der Waals surface area contributed by atoms with Crippen LogP contribution in [0.4, 0.5) is 20.2 Å². The van der Waals surface area contributed by atoms with E-state index in [1.807, 2.05) is 42.2 Å². The van der Waals surface area contributed by atoms with Crippen molar-refractivity contribution in [3.63, 3.8) is 0 Å². The van der Waals surface area contributed by atoms with E-state index in [9.17, 15) is 23.2 Å². The summed E-state index contributed by atoms with van der Waals surface area (Å²) < 4.78 is 26.8. The highest BCUT2D eigenvalue weighted by Crippen LogP contribution is 2.28. The van der Waals surface area contributed by atoms with Crippen molar-refractivity contribution in [3.8, 4) is 0 Å². The van der Waals surface area contributed by atoms with Crippen molar-refractivity contribution in [1.82, 2.24) is 10.2 Å². The zero-order valence-electron chi connectivity index (χ0n) is 25.1. The van der Waals surface area contributed by atoms with Crippen LogP contribution in [0.3, 0.4) is 0 Å². The van der Waals surface area contributed by atoms with Crippen LogP contribution in [-0.2, 0) is 11.3 Å². The average Bonchev–Trinajstić information content (AvgIpc) is 3.32. The normalized spacial score (nSPS) is 13.9. The van der Waals surface area contributed by atoms with Gasteiger partial charge in [0, 0.05) is 49.7 Å². The largest absolute Gasteiger partial charge is 0.369 e. The van der Waals surface area contributed by atoms with Crippen LogP contribution in [0.5, 0.6) is 0 Å². The van der Waals surface area contributed by atoms with E-state index in [-0.39, 0.29) is 35.7 Å². The van der Waals surface area contributed by atoms with Gasteiger partial charge >= 0.3 is 0 Å². The Morgan fingerprint density at radius 2 is 1.47 bits per heavy atom. The molecule has 0 saturated carbocycles. The first kappa shape index (κ1) is 31.4. The summed E-state index contributed by atoms with van der Waals surface area (Å²) in [6.45, 7) is 4.47. The van der Waals surface area contributed by atoms with Gasteiger partial charge in [-0.05, 0) is 78.6 Å². The molecule has 1 aliphatic heterocycles. The number of nitrogens with one attached hydrogen (secondary N) is 2. The van der Waals surface area contributed by atoms with E-state index in [0.29, 0.717) is 49.5 Å². The molecule has 0 bridgehead atoms. The van der Waals surface area contributed by atoms with E-state index < -0.39 is 11.7 Å². The fraction of sp³-hybridized carbons (Fsp3) is 0.250. The summed E-state index contributed by atoms with van der Waals surface area (Å²) in [5, 5.41) is 5.71. The molecule has 0 aliphatic carbocycles. The van der Waals surface area contributed by atoms with Crippen molar-refractivity contribution in [2.45, 2.75) is 32.2 Å². The Morgan fingerprint density at radius 1 is 0.778 bits per heavy atom. The summed E-state index contributed by atoms with van der Waals surface area (Å²) in [6, 6.07) is 26.0. The first-order valence-electron chi connectivity index (χ1n) is 15.1. The van der Waals surface area contributed by atoms with Gasteiger partial charge in [-0.15, -0.1) is 0 Å². The zero-order valence-corrected chi connectivity index (χ0v) is 25.1. The number of carbonyl (C=O) groups is 3. The number of hydrogen-bond donors (Lipinski definition) is 2. The third kappa shape index (κ3) is 7.92. The van der Waals surface area contributed by atoms with E-state index in [1.54, 1.807) is 30.3 Å². The lowest BCUT2D eigenvalue weighted by molar-refractivity contribution is -0.132. The molecule has 1 atom stereocenters. The van der Waals surface area contributed by atoms with Crippen LogP contribution >= 0.6 is 0 Å². The van der Waals surface area contributed by atoms with Gasteiger partial charge in [-0.1, -0.05) is 49.4 Å². The summed E-state index contributed by atoms with van der Waals surface area (Å²) in [7, 11) is 0. The predicted octanol–water partition coefficient (Wildman–Crippen LogP) is 6.38. The Kier molecular flexibility index (Phi) is 10.2. The van der Waals surface area contributed by atoms with Gasteiger partial charge in [0.05, 0.1) is 11.5 Å². The third-order valence-corrected chi connectivity index (χ3v) is 8.03. The zero-order chi connectivity index (χ0) is 31.8. The molecular weight excluding hydrogens is 574 g/mol. The van der Waals surface area contributed by atoms with Gasteiger partial charge in [0.25, 0.3) is 11.8 Å². The van der Waals surface area contributed by atoms with Gasteiger partial charge in [0.1, 0.15) is 11.6 Å². The summed E-state index contributed by atoms with van der Waals surface area (Å²) in [4.78, 5) is 44.0. The van der Waals surface area contributed by atoms with E-state index >= 15 is 0 Å². The number of benzene rings is 4. The van der Waals surface area contributed by atoms with Gasteiger partial charge < -0.3 is 20.4 Å². The fourth-order valence-corrected chi connectivity index (χ4v) is 5.59. The smallest absolute Gasteiger partial charge is 0.255 e. The van der Waals surface area contributed by atoms with Crippen molar-refractivity contribution >= 4 is 29.1 Å². The fourth-order valence-electron chi connectivity index (χ4n) is 5.59. The highest BCUT2D eigenvalue weighted by molar-refractivity contribution is 6.06. The van der Waals surface area contributed by atoms with E-state index in [2.05, 4.69) is 15.5 Å². The summed E-state index contributed by atoms with van der Waals surface area (Å²) in [6.07, 6.45) is 1.42. The number of hydrogen-bond acceptors (Lipinski definition) is 4. The molecule has 1 fully saturated rings. The maximum atomic E-state index is 13.6. The van der Waals surface area contributed by atoms with Crippen LogP contribution in [0, 0.1) is 11.6 Å². The van der Waals surface area contributed by atoms with Crippen LogP contribution in [0.15, 0.2) is 97.1 Å². The molecule has 9 heteroatoms. The second kappa shape index (κ2) is 14.6. The number of amides is 3. The highest BCUT2D eigenvalue weighted by atomic mass is 19.1. The van der Waals surface area contributed by atoms with Gasteiger partial charge in [-0.3, -0.25) is 14.4 Å². The highest BCUT2D eigenvalue weighted by Gasteiger charge is 2.27. The molecule has 3 amide bonds. The molecule has 45 heavy (non-hydrogen) atoms. The SMILES string of the molecule is CC[C@@H](C(=O)N1CCCN(c2ccc(NC(=O)c3ccc(F)cc3)cc2C(=O)NCc2ccc(F)cc2)CC1)c1ccccc1. The van der Waals surface area contributed by atoms with Crippen LogP contribution in [0.25, 0.3) is 0 Å². The summed E-state index contributed by atoms with van der Waals surface area (Å²) in [5.41, 5.74) is 3.45. The molecule has 2 N–H and O–H groups in total. The Hall–Kier alpha value is -5.05. The second-order valence-corrected chi connectivity index (χ2v) is 11.0. The number of rotatable bonds is 9. The van der Waals surface area contributed by atoms with Gasteiger partial charge in [-0.25, -0.2) is 8.78 Å². The standard InChI is InChI=1S/C36H36F2N4O3/c1-2-31(26-7-4-3-5-8-26)36(45)42-20-6-19-41(21-22-42)33-18-17-30(40-34(43)27-11-15-29(38)16-12-27)23-32(33)35(44)39-24-25-9-13-28(37)14-10-25/h3-5,7-18,23,31H,2,6,19-22,24H2,1H3,(H,39,44)(H,40,43)/t31-/m1/s1. The predicted molar refractivity (Wildman–Crippen MR) is 171 cm³/mol. The molecule has 0 radical (unpaired) electrons. The molecule has 4 aromatic rings. The minimum atomic E-state index is -0.445. The number of halogens is 2. The minimum Gasteiger partial charge on any atom is -0.369 e. The molecule has 7 nitrogen and oxygen atoms in total. The molecule has 5 rings (SSSR count). The summed E-state index contributed by atoms with van der Waals surface area (Å²) >= 11 is 0. The topological polar surface area (TPSA) is 81.8 Å². The first-order chi connectivity index (χ1) is 21.8. The Bertz CT molecular complexity index is 1630. The van der Waals surface area contributed by atoms with Gasteiger partial charge in [0.2, 0.25) is 5.91 Å². The van der Waals surface area contributed by atoms with Crippen molar-refractivity contribution in [1.29, 1.82) is 0 Å². The van der Waals surface area contributed by atoms with Crippen LogP contribution in [0.1, 0.15) is 57.5 Å². The lowest BCUT2D eigenvalue weighted by Gasteiger charge is -2.28. The maximum absolute atomic E-state index is 13.6. The van der Waals surface area contributed by atoms with Crippen molar-refractivity contribution in [2.75, 3.05) is 36.4 Å². The molecule has 0 unspecified atom stereocenters. The Balaban J connectivity index is 1.36. The number of anilines is 2. The lowest BCUT2D eigenvalue weighted by Crippen LogP contribution is -2.38. The van der Waals surface area contributed by atoms with Gasteiger partial charge in [0.15, 0.2) is 0 Å². The molecule has 1 heterocycles. The van der Waals surface area contributed by atoms with Crippen molar-refractivity contribution < 1.29 is 23.2 Å². The van der Waals surface area contributed by atoms with Crippen LogP contribution in [0.2, 0.25) is 0 Å². The van der Waals surface area contributed by atoms with E-state index in [4.69, 9.17) is 0 Å². The van der Waals surface area contributed by atoms with Crippen LogP contribution in [-0.4, -0.2) is 48.8 Å². The Labute approximate surface area is 261 Å². The second-order valence-electron chi connectivity index (χ2n) is 11.0. The van der Waals surface area contributed by atoms with E-state index in [1.165, 1.54) is 36.4 Å². The molecule has 1 saturated heterocycles. The summed E-state index contributed by atoms with van der Waals surface area (Å²) in [5.74, 6) is -1.72. The van der Waals surface area contributed by atoms with E-state index in [0.717, 1.165) is 17.5 Å². The first-order valence-corrected chi connectivity index (χ1v) is 15.1. The quantitative estimate of drug-likeness (QED) is 0.231. The third-order valence-electron chi connectivity index (χ3n) is 8.03. The number of carbonyl (C=O) groups excluding carboxylic acids is 3. The Morgan fingerprint density at radius 3 is 2.16 bits per heavy atom. The van der Waals surface area contributed by atoms with Crippen molar-refractivity contribution in [2.24, 2.45) is 0 Å².